The lowest BCUT2D eigenvalue weighted by Gasteiger charge is -2.51. The molecule has 3 aliphatic rings. The van der Waals surface area contributed by atoms with Gasteiger partial charge in [-0.25, -0.2) is 4.99 Å². The van der Waals surface area contributed by atoms with Gasteiger partial charge in [-0.05, 0) is 43.5 Å². The Kier molecular flexibility index (Phi) is 3.92. The molecular weight excluding hydrogens is 392 g/mol. The molecule has 0 bridgehead atoms. The highest BCUT2D eigenvalue weighted by atomic mass is 35.5. The minimum atomic E-state index is -1.27. The van der Waals surface area contributed by atoms with Crippen LogP contribution in [0.4, 0.5) is 0 Å². The van der Waals surface area contributed by atoms with E-state index < -0.39 is 17.2 Å². The molecule has 1 amide bonds. The van der Waals surface area contributed by atoms with Gasteiger partial charge in [-0.1, -0.05) is 17.7 Å². The Morgan fingerprint density at radius 3 is 2.83 bits per heavy atom. The lowest BCUT2D eigenvalue weighted by Crippen LogP contribution is -2.64. The van der Waals surface area contributed by atoms with Gasteiger partial charge in [0, 0.05) is 37.2 Å². The van der Waals surface area contributed by atoms with E-state index in [-0.39, 0.29) is 11.9 Å². The molecule has 150 valence electrons. The van der Waals surface area contributed by atoms with Crippen LogP contribution in [0.2, 0.25) is 5.02 Å². The molecule has 0 aliphatic carbocycles. The lowest BCUT2D eigenvalue weighted by molar-refractivity contribution is -0.175. The molecule has 4 heterocycles. The number of pyridine rings is 1. The van der Waals surface area contributed by atoms with Crippen LogP contribution in [0.5, 0.6) is 5.75 Å². The highest BCUT2D eigenvalue weighted by molar-refractivity contribution is 6.30. The summed E-state index contributed by atoms with van der Waals surface area (Å²) in [5, 5.41) is 0.535. The number of nitrogens with zero attached hydrogens (tertiary/aromatic N) is 3. The standard InChI is InChI=1S/C21H21ClN4O3/c1-20-6-3-7-28-17(20)21(18(27)26(2)19(23)25-21)15-9-12(4-5-16(15)29-20)13-8-14(22)11-24-10-13/h4-5,8-11,17H,3,6-7H2,1-2H3,(H2,23,25)/t17-,20-,21-/m0/s1. The number of hydrogen-bond donors (Lipinski definition) is 1. The van der Waals surface area contributed by atoms with Gasteiger partial charge in [0.1, 0.15) is 17.5 Å². The van der Waals surface area contributed by atoms with Crippen molar-refractivity contribution in [3.8, 4) is 16.9 Å². The van der Waals surface area contributed by atoms with Crippen molar-refractivity contribution in [2.75, 3.05) is 13.7 Å². The Morgan fingerprint density at radius 2 is 2.10 bits per heavy atom. The number of rotatable bonds is 1. The maximum Gasteiger partial charge on any atom is 0.264 e. The molecule has 0 radical (unpaired) electrons. The molecule has 3 atom stereocenters. The van der Waals surface area contributed by atoms with Crippen LogP contribution in [0.25, 0.3) is 11.1 Å². The van der Waals surface area contributed by atoms with E-state index >= 15 is 0 Å². The number of nitrogens with two attached hydrogens (primary N) is 1. The van der Waals surface area contributed by atoms with E-state index in [0.29, 0.717) is 22.9 Å². The van der Waals surface area contributed by atoms with Crippen LogP contribution in [-0.2, 0) is 15.1 Å². The average Bonchev–Trinajstić information content (AvgIpc) is 2.92. The fourth-order valence-electron chi connectivity index (χ4n) is 4.67. The van der Waals surface area contributed by atoms with Crippen molar-refractivity contribution in [1.82, 2.24) is 9.88 Å². The summed E-state index contributed by atoms with van der Waals surface area (Å²) in [6.07, 6.45) is 4.36. The van der Waals surface area contributed by atoms with E-state index in [0.717, 1.165) is 24.0 Å². The number of likely N-dealkylation sites (N-methyl/N-ethyl adjacent to an activating group) is 1. The Morgan fingerprint density at radius 1 is 1.28 bits per heavy atom. The van der Waals surface area contributed by atoms with Gasteiger partial charge in [0.05, 0.1) is 5.02 Å². The second-order valence-corrected chi connectivity index (χ2v) is 8.41. The zero-order valence-corrected chi connectivity index (χ0v) is 16.9. The summed E-state index contributed by atoms with van der Waals surface area (Å²) >= 11 is 6.12. The summed E-state index contributed by atoms with van der Waals surface area (Å²) < 4.78 is 12.5. The van der Waals surface area contributed by atoms with Crippen LogP contribution in [0.3, 0.4) is 0 Å². The normalized spacial score (nSPS) is 30.6. The Bertz CT molecular complexity index is 1060. The number of ether oxygens (including phenoxy) is 2. The molecule has 1 saturated heterocycles. The molecule has 0 saturated carbocycles. The topological polar surface area (TPSA) is 90.0 Å². The van der Waals surface area contributed by atoms with Gasteiger partial charge in [0.15, 0.2) is 5.96 Å². The number of amides is 1. The summed E-state index contributed by atoms with van der Waals surface area (Å²) in [7, 11) is 1.63. The number of aromatic nitrogens is 1. The number of guanidine groups is 1. The van der Waals surface area contributed by atoms with Crippen LogP contribution >= 0.6 is 11.6 Å². The summed E-state index contributed by atoms with van der Waals surface area (Å²) in [5.41, 5.74) is 6.50. The molecule has 0 unspecified atom stereocenters. The molecular formula is C21H21ClN4O3. The fourth-order valence-corrected chi connectivity index (χ4v) is 4.84. The number of aliphatic imine (C=N–C) groups is 1. The Balaban J connectivity index is 1.76. The van der Waals surface area contributed by atoms with Gasteiger partial charge >= 0.3 is 0 Å². The number of carbonyl (C=O) groups excluding carboxylic acids is 1. The third kappa shape index (κ3) is 2.50. The fraction of sp³-hybridized carbons (Fsp3) is 0.381. The van der Waals surface area contributed by atoms with Crippen LogP contribution in [-0.4, -0.2) is 47.1 Å². The van der Waals surface area contributed by atoms with Gasteiger partial charge in [0.2, 0.25) is 5.54 Å². The molecule has 2 N–H and O–H groups in total. The highest BCUT2D eigenvalue weighted by Crippen LogP contribution is 2.53. The largest absolute Gasteiger partial charge is 0.484 e. The first-order valence-corrected chi connectivity index (χ1v) is 9.92. The van der Waals surface area contributed by atoms with E-state index in [4.69, 9.17) is 26.8 Å². The molecule has 3 aliphatic heterocycles. The van der Waals surface area contributed by atoms with Gasteiger partial charge < -0.3 is 15.2 Å². The zero-order chi connectivity index (χ0) is 20.4. The molecule has 2 aromatic rings. The van der Waals surface area contributed by atoms with Crippen molar-refractivity contribution in [3.05, 3.63) is 47.2 Å². The Hall–Kier alpha value is -2.64. The average molecular weight is 413 g/mol. The summed E-state index contributed by atoms with van der Waals surface area (Å²) in [6, 6.07) is 7.55. The van der Waals surface area contributed by atoms with Crippen LogP contribution < -0.4 is 10.5 Å². The predicted molar refractivity (Wildman–Crippen MR) is 109 cm³/mol. The SMILES string of the molecule is CN1C(=O)[C@]2(N=C1N)c1cc(-c3cncc(Cl)c3)ccc1O[C@@]1(C)CCCO[C@@H]12. The number of benzene rings is 1. The monoisotopic (exact) mass is 412 g/mol. The van der Waals surface area contributed by atoms with Crippen molar-refractivity contribution in [2.24, 2.45) is 10.7 Å². The molecule has 1 aromatic heterocycles. The van der Waals surface area contributed by atoms with E-state index in [1.807, 2.05) is 31.2 Å². The lowest BCUT2D eigenvalue weighted by atomic mass is 9.71. The van der Waals surface area contributed by atoms with Crippen molar-refractivity contribution in [1.29, 1.82) is 0 Å². The van der Waals surface area contributed by atoms with Crippen molar-refractivity contribution in [3.63, 3.8) is 0 Å². The van der Waals surface area contributed by atoms with E-state index in [9.17, 15) is 4.79 Å². The van der Waals surface area contributed by atoms with Crippen LogP contribution in [0, 0.1) is 0 Å². The quantitative estimate of drug-likeness (QED) is 0.777. The highest BCUT2D eigenvalue weighted by Gasteiger charge is 2.65. The maximum absolute atomic E-state index is 13.5. The van der Waals surface area contributed by atoms with Gasteiger partial charge in [-0.15, -0.1) is 0 Å². The van der Waals surface area contributed by atoms with Gasteiger partial charge in [0.25, 0.3) is 5.91 Å². The van der Waals surface area contributed by atoms with Crippen molar-refractivity contribution in [2.45, 2.75) is 37.0 Å². The molecule has 7 nitrogen and oxygen atoms in total. The molecule has 5 rings (SSSR count). The predicted octanol–water partition coefficient (Wildman–Crippen LogP) is 2.71. The third-order valence-corrected chi connectivity index (χ3v) is 6.28. The number of carbonyl (C=O) groups is 1. The molecule has 1 aromatic carbocycles. The number of halogens is 1. The number of fused-ring (bicyclic) bond motifs is 4. The van der Waals surface area contributed by atoms with Crippen LogP contribution in [0.15, 0.2) is 41.7 Å². The smallest absolute Gasteiger partial charge is 0.264 e. The molecule has 1 spiro atoms. The van der Waals surface area contributed by atoms with E-state index in [2.05, 4.69) is 9.98 Å². The zero-order valence-electron chi connectivity index (χ0n) is 16.2. The first-order valence-electron chi connectivity index (χ1n) is 9.55. The summed E-state index contributed by atoms with van der Waals surface area (Å²) in [4.78, 5) is 23.8. The number of hydrogen-bond acceptors (Lipinski definition) is 6. The Labute approximate surface area is 173 Å². The first-order chi connectivity index (χ1) is 13.8. The minimum absolute atomic E-state index is 0.175. The minimum Gasteiger partial charge on any atom is -0.484 e. The third-order valence-electron chi connectivity index (χ3n) is 6.07. The van der Waals surface area contributed by atoms with Crippen LogP contribution in [0.1, 0.15) is 25.3 Å². The molecule has 29 heavy (non-hydrogen) atoms. The van der Waals surface area contributed by atoms with Gasteiger partial charge in [-0.2, -0.15) is 0 Å². The first kappa shape index (κ1) is 18.4. The molecule has 8 heteroatoms. The van der Waals surface area contributed by atoms with E-state index in [1.165, 1.54) is 4.90 Å². The maximum atomic E-state index is 13.5. The second kappa shape index (κ2) is 6.18. The van der Waals surface area contributed by atoms with Gasteiger partial charge in [-0.3, -0.25) is 14.7 Å². The molecule has 1 fully saturated rings. The summed E-state index contributed by atoms with van der Waals surface area (Å²) in [5.74, 6) is 0.585. The second-order valence-electron chi connectivity index (χ2n) is 7.97. The van der Waals surface area contributed by atoms with Crippen molar-refractivity contribution >= 4 is 23.5 Å². The van der Waals surface area contributed by atoms with E-state index in [1.54, 1.807) is 19.4 Å². The summed E-state index contributed by atoms with van der Waals surface area (Å²) in [6.45, 7) is 2.53. The van der Waals surface area contributed by atoms with Crippen molar-refractivity contribution < 1.29 is 14.3 Å².